The zero-order valence-electron chi connectivity index (χ0n) is 14.9. The van der Waals surface area contributed by atoms with Crippen molar-refractivity contribution < 1.29 is 4.39 Å². The number of unbranched alkanes of at least 4 members (excludes halogenated alkanes) is 1. The van der Waals surface area contributed by atoms with Crippen LogP contribution in [-0.2, 0) is 6.54 Å². The highest BCUT2D eigenvalue weighted by molar-refractivity contribution is 6.31. The largest absolute Gasteiger partial charge is 0.308 e. The maximum Gasteiger partial charge on any atom is 0.260 e. The molecule has 1 aliphatic heterocycles. The Morgan fingerprint density at radius 3 is 2.56 bits per heavy atom. The molecule has 0 N–H and O–H groups in total. The van der Waals surface area contributed by atoms with Crippen molar-refractivity contribution in [3.8, 4) is 0 Å². The van der Waals surface area contributed by atoms with E-state index in [9.17, 15) is 9.18 Å². The molecular formula is C22H18ClFN2O. The highest BCUT2D eigenvalue weighted by Gasteiger charge is 2.19. The lowest BCUT2D eigenvalue weighted by Gasteiger charge is -2.17. The Morgan fingerprint density at radius 2 is 1.85 bits per heavy atom. The third-order valence-electron chi connectivity index (χ3n) is 4.72. The van der Waals surface area contributed by atoms with E-state index >= 15 is 0 Å². The fourth-order valence-corrected chi connectivity index (χ4v) is 3.40. The van der Waals surface area contributed by atoms with E-state index in [-0.39, 0.29) is 11.4 Å². The van der Waals surface area contributed by atoms with E-state index in [0.717, 1.165) is 35.0 Å². The van der Waals surface area contributed by atoms with Crippen LogP contribution in [0.25, 0.3) is 16.6 Å². The van der Waals surface area contributed by atoms with Gasteiger partial charge in [-0.25, -0.2) is 9.38 Å². The molecule has 0 unspecified atom stereocenters. The van der Waals surface area contributed by atoms with Gasteiger partial charge in [0.1, 0.15) is 5.82 Å². The molecule has 0 atom stereocenters. The molecule has 27 heavy (non-hydrogen) atoms. The number of fused-ring (bicyclic) bond motifs is 1. The zero-order chi connectivity index (χ0) is 19.0. The summed E-state index contributed by atoms with van der Waals surface area (Å²) in [6, 6.07) is 13.6. The van der Waals surface area contributed by atoms with Crippen LogP contribution in [0.3, 0.4) is 0 Å². The molecule has 2 heterocycles. The number of benzene rings is 2. The first-order valence-electron chi connectivity index (χ1n) is 8.96. The fourth-order valence-electron chi connectivity index (χ4n) is 3.23. The van der Waals surface area contributed by atoms with Crippen molar-refractivity contribution in [2.24, 2.45) is 4.99 Å². The third kappa shape index (κ3) is 3.33. The Hall–Kier alpha value is -2.72. The van der Waals surface area contributed by atoms with Gasteiger partial charge in [-0.05, 0) is 60.3 Å². The van der Waals surface area contributed by atoms with Crippen LogP contribution in [0.2, 0.25) is 5.02 Å². The van der Waals surface area contributed by atoms with Crippen LogP contribution in [0.5, 0.6) is 0 Å². The smallest absolute Gasteiger partial charge is 0.260 e. The van der Waals surface area contributed by atoms with Crippen LogP contribution < -0.4 is 5.56 Å². The maximum atomic E-state index is 13.1. The second-order valence-corrected chi connectivity index (χ2v) is 7.04. The monoisotopic (exact) mass is 380 g/mol. The number of aromatic nitrogens is 1. The summed E-state index contributed by atoms with van der Waals surface area (Å²) in [6.07, 6.45) is 3.78. The van der Waals surface area contributed by atoms with E-state index in [1.165, 1.54) is 12.1 Å². The SMILES string of the molecule is CCCCn1c(=O)c(C2=NC(c3ccc(F)cc3)=C2)cc2ccc(Cl)cc21. The van der Waals surface area contributed by atoms with Crippen LogP contribution >= 0.6 is 11.6 Å². The predicted molar refractivity (Wildman–Crippen MR) is 109 cm³/mol. The molecule has 0 spiro atoms. The van der Waals surface area contributed by atoms with Crippen LogP contribution in [0, 0.1) is 5.82 Å². The van der Waals surface area contributed by atoms with Gasteiger partial charge < -0.3 is 4.57 Å². The first kappa shape index (κ1) is 17.7. The standard InChI is InChI=1S/C22H18ClFN2O/c1-2-3-10-26-21-12-16(23)7-4-15(21)11-18(22(26)27)20-13-19(25-20)14-5-8-17(24)9-6-14/h4-9,11-13H,2-3,10H2,1H3. The lowest BCUT2D eigenvalue weighted by molar-refractivity contribution is 0.627. The van der Waals surface area contributed by atoms with E-state index in [0.29, 0.717) is 22.8 Å². The Balaban J connectivity index is 1.76. The first-order chi connectivity index (χ1) is 13.1. The van der Waals surface area contributed by atoms with Crippen molar-refractivity contribution in [1.29, 1.82) is 0 Å². The number of pyridine rings is 1. The average Bonchev–Trinajstić information content (AvgIpc) is 2.62. The Bertz CT molecular complexity index is 1140. The molecule has 0 bridgehead atoms. The maximum absolute atomic E-state index is 13.1. The molecule has 3 nitrogen and oxygen atoms in total. The van der Waals surface area contributed by atoms with Crippen molar-refractivity contribution >= 4 is 33.9 Å². The first-order valence-corrected chi connectivity index (χ1v) is 9.34. The number of aryl methyl sites for hydroxylation is 1. The van der Waals surface area contributed by atoms with Crippen LogP contribution in [-0.4, -0.2) is 10.3 Å². The van der Waals surface area contributed by atoms with Gasteiger partial charge in [0.25, 0.3) is 5.56 Å². The summed E-state index contributed by atoms with van der Waals surface area (Å²) in [5, 5.41) is 1.57. The third-order valence-corrected chi connectivity index (χ3v) is 4.96. The number of nitrogens with zero attached hydrogens (tertiary/aromatic N) is 2. The van der Waals surface area contributed by atoms with Gasteiger partial charge in [-0.15, -0.1) is 0 Å². The van der Waals surface area contributed by atoms with Gasteiger partial charge in [-0.1, -0.05) is 31.0 Å². The summed E-state index contributed by atoms with van der Waals surface area (Å²) in [7, 11) is 0. The minimum absolute atomic E-state index is 0.0635. The molecule has 136 valence electrons. The van der Waals surface area contributed by atoms with Crippen LogP contribution in [0.15, 0.2) is 64.4 Å². The summed E-state index contributed by atoms with van der Waals surface area (Å²) in [5.41, 5.74) is 3.59. The van der Waals surface area contributed by atoms with E-state index < -0.39 is 0 Å². The number of aliphatic imine (C=N–C) groups is 1. The molecule has 3 aromatic rings. The fraction of sp³-hybridized carbons (Fsp3) is 0.182. The summed E-state index contributed by atoms with van der Waals surface area (Å²) in [4.78, 5) is 17.6. The lowest BCUT2D eigenvalue weighted by Crippen LogP contribution is -2.28. The van der Waals surface area contributed by atoms with Gasteiger partial charge in [-0.2, -0.15) is 0 Å². The van der Waals surface area contributed by atoms with Gasteiger partial charge in [0.15, 0.2) is 0 Å². The van der Waals surface area contributed by atoms with E-state index in [4.69, 9.17) is 11.6 Å². The van der Waals surface area contributed by atoms with Gasteiger partial charge in [0, 0.05) is 17.1 Å². The predicted octanol–water partition coefficient (Wildman–Crippen LogP) is 5.44. The van der Waals surface area contributed by atoms with Gasteiger partial charge in [0.05, 0.1) is 22.5 Å². The van der Waals surface area contributed by atoms with Crippen molar-refractivity contribution in [2.45, 2.75) is 26.3 Å². The Labute approximate surface area is 161 Å². The average molecular weight is 381 g/mol. The molecule has 0 aliphatic carbocycles. The molecule has 0 radical (unpaired) electrons. The number of hydrogen-bond donors (Lipinski definition) is 0. The number of halogens is 2. The molecule has 0 fully saturated rings. The molecule has 5 heteroatoms. The second kappa shape index (κ2) is 7.12. The quantitative estimate of drug-likeness (QED) is 0.580. The van der Waals surface area contributed by atoms with Crippen molar-refractivity contribution in [2.75, 3.05) is 0 Å². The summed E-state index contributed by atoms with van der Waals surface area (Å²) in [6.45, 7) is 2.74. The summed E-state index contributed by atoms with van der Waals surface area (Å²) < 4.78 is 14.9. The normalized spacial score (nSPS) is 13.3. The molecule has 4 rings (SSSR count). The van der Waals surface area contributed by atoms with Crippen molar-refractivity contribution in [3.05, 3.63) is 86.9 Å². The van der Waals surface area contributed by atoms with E-state index in [1.54, 1.807) is 16.7 Å². The van der Waals surface area contributed by atoms with Gasteiger partial charge >= 0.3 is 0 Å². The molecule has 1 aliphatic rings. The molecule has 2 aromatic carbocycles. The molecular weight excluding hydrogens is 363 g/mol. The molecule has 1 aromatic heterocycles. The lowest BCUT2D eigenvalue weighted by atomic mass is 10.0. The molecule has 0 amide bonds. The number of allylic oxidation sites excluding steroid dienone is 1. The summed E-state index contributed by atoms with van der Waals surface area (Å²) in [5.74, 6) is -0.283. The van der Waals surface area contributed by atoms with Gasteiger partial charge in [0.2, 0.25) is 0 Å². The van der Waals surface area contributed by atoms with E-state index in [1.807, 2.05) is 30.3 Å². The highest BCUT2D eigenvalue weighted by Crippen LogP contribution is 2.27. The van der Waals surface area contributed by atoms with Crippen LogP contribution in [0.1, 0.15) is 30.9 Å². The topological polar surface area (TPSA) is 34.4 Å². The minimum Gasteiger partial charge on any atom is -0.308 e. The second-order valence-electron chi connectivity index (χ2n) is 6.61. The molecule has 0 saturated carbocycles. The molecule has 0 saturated heterocycles. The number of rotatable bonds is 5. The van der Waals surface area contributed by atoms with Crippen molar-refractivity contribution in [3.63, 3.8) is 0 Å². The Morgan fingerprint density at radius 1 is 1.11 bits per heavy atom. The van der Waals surface area contributed by atoms with Gasteiger partial charge in [-0.3, -0.25) is 4.79 Å². The van der Waals surface area contributed by atoms with Crippen LogP contribution in [0.4, 0.5) is 4.39 Å². The number of hydrogen-bond acceptors (Lipinski definition) is 2. The summed E-state index contributed by atoms with van der Waals surface area (Å²) >= 11 is 6.14. The van der Waals surface area contributed by atoms with E-state index in [2.05, 4.69) is 11.9 Å². The Kier molecular flexibility index (Phi) is 4.66. The zero-order valence-corrected chi connectivity index (χ0v) is 15.6. The minimum atomic E-state index is -0.283. The van der Waals surface area contributed by atoms with Crippen molar-refractivity contribution in [1.82, 2.24) is 4.57 Å². The highest BCUT2D eigenvalue weighted by atomic mass is 35.5.